The van der Waals surface area contributed by atoms with Gasteiger partial charge in [0.05, 0.1) is 12.5 Å². The lowest BCUT2D eigenvalue weighted by atomic mass is 10.2. The zero-order chi connectivity index (χ0) is 13.6. The van der Waals surface area contributed by atoms with Gasteiger partial charge in [0, 0.05) is 19.1 Å². The Balaban J connectivity index is 4.72. The summed E-state index contributed by atoms with van der Waals surface area (Å²) in [5.41, 5.74) is 0. The smallest absolute Gasteiger partial charge is 0.323 e. The van der Waals surface area contributed by atoms with Gasteiger partial charge in [-0.3, -0.25) is 4.79 Å². The Morgan fingerprint density at radius 2 is 1.88 bits per heavy atom. The first-order valence-corrected chi connectivity index (χ1v) is 5.43. The van der Waals surface area contributed by atoms with E-state index in [1.54, 1.807) is 27.8 Å². The molecule has 96 valence electrons. The van der Waals surface area contributed by atoms with Crippen molar-refractivity contribution in [3.63, 3.8) is 0 Å². The van der Waals surface area contributed by atoms with Gasteiger partial charge in [-0.2, -0.15) is 5.26 Å². The minimum absolute atomic E-state index is 0.199. The number of urea groups is 1. The van der Waals surface area contributed by atoms with E-state index in [2.05, 4.69) is 0 Å². The van der Waals surface area contributed by atoms with E-state index in [9.17, 15) is 9.59 Å². The lowest BCUT2D eigenvalue weighted by molar-refractivity contribution is -0.138. The second-order valence-electron chi connectivity index (χ2n) is 4.22. The summed E-state index contributed by atoms with van der Waals surface area (Å²) < 4.78 is 0. The number of hydrogen-bond acceptors (Lipinski definition) is 3. The highest BCUT2D eigenvalue weighted by Crippen LogP contribution is 2.08. The summed E-state index contributed by atoms with van der Waals surface area (Å²) in [6.45, 7) is 4.92. The minimum Gasteiger partial charge on any atom is -0.480 e. The van der Waals surface area contributed by atoms with Gasteiger partial charge in [-0.05, 0) is 20.8 Å². The third kappa shape index (κ3) is 4.72. The number of nitrogens with zero attached hydrogens (tertiary/aromatic N) is 3. The van der Waals surface area contributed by atoms with Crippen molar-refractivity contribution in [3.8, 4) is 6.07 Å². The summed E-state index contributed by atoms with van der Waals surface area (Å²) in [6.07, 6.45) is 0.223. The van der Waals surface area contributed by atoms with E-state index in [1.807, 2.05) is 6.07 Å². The SMILES string of the molecule is CC(CC#N)N(C)C(=O)N(CC(=O)O)C(C)C. The van der Waals surface area contributed by atoms with Crippen molar-refractivity contribution in [2.75, 3.05) is 13.6 Å². The zero-order valence-corrected chi connectivity index (χ0v) is 10.7. The van der Waals surface area contributed by atoms with Gasteiger partial charge >= 0.3 is 12.0 Å². The highest BCUT2D eigenvalue weighted by atomic mass is 16.4. The van der Waals surface area contributed by atoms with E-state index in [-0.39, 0.29) is 31.1 Å². The molecular formula is C11H19N3O3. The number of amides is 2. The second-order valence-corrected chi connectivity index (χ2v) is 4.22. The fraction of sp³-hybridized carbons (Fsp3) is 0.727. The highest BCUT2D eigenvalue weighted by Gasteiger charge is 2.25. The Kier molecular flexibility index (Phi) is 6.03. The molecule has 6 nitrogen and oxygen atoms in total. The summed E-state index contributed by atoms with van der Waals surface area (Å²) in [5, 5.41) is 17.3. The van der Waals surface area contributed by atoms with Crippen molar-refractivity contribution < 1.29 is 14.7 Å². The molecule has 17 heavy (non-hydrogen) atoms. The van der Waals surface area contributed by atoms with Gasteiger partial charge in [0.1, 0.15) is 6.54 Å². The van der Waals surface area contributed by atoms with E-state index in [0.29, 0.717) is 0 Å². The molecule has 0 bridgehead atoms. The fourth-order valence-electron chi connectivity index (χ4n) is 1.28. The number of rotatable bonds is 5. The zero-order valence-electron chi connectivity index (χ0n) is 10.7. The molecule has 0 saturated heterocycles. The van der Waals surface area contributed by atoms with Crippen molar-refractivity contribution in [1.82, 2.24) is 9.80 Å². The van der Waals surface area contributed by atoms with Crippen LogP contribution in [-0.2, 0) is 4.79 Å². The first kappa shape index (κ1) is 15.2. The molecule has 0 spiro atoms. The lowest BCUT2D eigenvalue weighted by Gasteiger charge is -2.32. The van der Waals surface area contributed by atoms with Crippen molar-refractivity contribution in [2.24, 2.45) is 0 Å². The van der Waals surface area contributed by atoms with Crippen LogP contribution >= 0.6 is 0 Å². The fourth-order valence-corrected chi connectivity index (χ4v) is 1.28. The lowest BCUT2D eigenvalue weighted by Crippen LogP contribution is -2.49. The molecule has 0 aromatic carbocycles. The number of carbonyl (C=O) groups is 2. The topological polar surface area (TPSA) is 84.6 Å². The van der Waals surface area contributed by atoms with E-state index in [4.69, 9.17) is 10.4 Å². The molecule has 0 rings (SSSR count). The van der Waals surface area contributed by atoms with E-state index < -0.39 is 5.97 Å². The molecule has 0 aromatic rings. The van der Waals surface area contributed by atoms with Crippen molar-refractivity contribution in [3.05, 3.63) is 0 Å². The van der Waals surface area contributed by atoms with Crippen LogP contribution in [0, 0.1) is 11.3 Å². The predicted octanol–water partition coefficient (Wildman–Crippen LogP) is 1.14. The Bertz CT molecular complexity index is 322. The monoisotopic (exact) mass is 241 g/mol. The van der Waals surface area contributed by atoms with Gasteiger partial charge in [-0.15, -0.1) is 0 Å². The molecule has 1 N–H and O–H groups in total. The molecule has 0 aliphatic heterocycles. The van der Waals surface area contributed by atoms with Gasteiger partial charge < -0.3 is 14.9 Å². The molecule has 0 aliphatic rings. The maximum atomic E-state index is 12.0. The number of nitriles is 1. The summed E-state index contributed by atoms with van der Waals surface area (Å²) in [5.74, 6) is -1.05. The first-order valence-electron chi connectivity index (χ1n) is 5.43. The van der Waals surface area contributed by atoms with Crippen molar-refractivity contribution in [1.29, 1.82) is 5.26 Å². The van der Waals surface area contributed by atoms with Crippen LogP contribution in [0.4, 0.5) is 4.79 Å². The molecule has 0 aromatic heterocycles. The molecule has 1 unspecified atom stereocenters. The van der Waals surface area contributed by atoms with Gasteiger partial charge in [0.25, 0.3) is 0 Å². The number of aliphatic carboxylic acids is 1. The van der Waals surface area contributed by atoms with Crippen LogP contribution in [0.15, 0.2) is 0 Å². The Labute approximate surface area is 101 Å². The van der Waals surface area contributed by atoms with Crippen LogP contribution in [0.2, 0.25) is 0 Å². The largest absolute Gasteiger partial charge is 0.480 e. The quantitative estimate of drug-likeness (QED) is 0.782. The summed E-state index contributed by atoms with van der Waals surface area (Å²) >= 11 is 0. The van der Waals surface area contributed by atoms with Crippen LogP contribution < -0.4 is 0 Å². The second kappa shape index (κ2) is 6.74. The molecular weight excluding hydrogens is 222 g/mol. The molecule has 0 radical (unpaired) electrons. The van der Waals surface area contributed by atoms with Gasteiger partial charge in [-0.25, -0.2) is 4.79 Å². The molecule has 2 amide bonds. The van der Waals surface area contributed by atoms with Crippen molar-refractivity contribution >= 4 is 12.0 Å². The summed E-state index contributed by atoms with van der Waals surface area (Å²) in [6, 6.07) is 1.18. The van der Waals surface area contributed by atoms with Crippen LogP contribution in [-0.4, -0.2) is 52.6 Å². The number of carboxylic acids is 1. The molecule has 0 saturated carbocycles. The Morgan fingerprint density at radius 3 is 2.24 bits per heavy atom. The summed E-state index contributed by atoms with van der Waals surface area (Å²) in [4.78, 5) is 25.3. The third-order valence-corrected chi connectivity index (χ3v) is 2.52. The van der Waals surface area contributed by atoms with E-state index >= 15 is 0 Å². The molecule has 6 heteroatoms. The maximum absolute atomic E-state index is 12.0. The van der Waals surface area contributed by atoms with Gasteiger partial charge in [0.2, 0.25) is 0 Å². The number of carbonyl (C=O) groups excluding carboxylic acids is 1. The van der Waals surface area contributed by atoms with Crippen LogP contribution in [0.1, 0.15) is 27.2 Å². The first-order chi connectivity index (χ1) is 7.81. The average Bonchev–Trinajstić information content (AvgIpc) is 2.23. The Morgan fingerprint density at radius 1 is 1.35 bits per heavy atom. The van der Waals surface area contributed by atoms with E-state index in [0.717, 1.165) is 0 Å². The predicted molar refractivity (Wildman–Crippen MR) is 62.3 cm³/mol. The van der Waals surface area contributed by atoms with Crippen LogP contribution in [0.5, 0.6) is 0 Å². The Hall–Kier alpha value is -1.77. The molecule has 0 aliphatic carbocycles. The highest BCUT2D eigenvalue weighted by molar-refractivity contribution is 5.80. The minimum atomic E-state index is -1.05. The molecule has 1 atom stereocenters. The maximum Gasteiger partial charge on any atom is 0.323 e. The number of carboxylic acid groups (broad SMARTS) is 1. The standard InChI is InChI=1S/C11H19N3O3/c1-8(2)14(7-10(15)16)11(17)13(4)9(3)5-6-12/h8-9H,5,7H2,1-4H3,(H,15,16). The van der Waals surface area contributed by atoms with Gasteiger partial charge in [-0.1, -0.05) is 0 Å². The van der Waals surface area contributed by atoms with Crippen LogP contribution in [0.25, 0.3) is 0 Å². The molecule has 0 fully saturated rings. The third-order valence-electron chi connectivity index (χ3n) is 2.52. The average molecular weight is 241 g/mol. The normalized spacial score (nSPS) is 11.8. The van der Waals surface area contributed by atoms with Crippen molar-refractivity contribution in [2.45, 2.75) is 39.3 Å². The summed E-state index contributed by atoms with van der Waals surface area (Å²) in [7, 11) is 1.57. The van der Waals surface area contributed by atoms with Crippen LogP contribution in [0.3, 0.4) is 0 Å². The number of hydrogen-bond donors (Lipinski definition) is 1. The van der Waals surface area contributed by atoms with Gasteiger partial charge in [0.15, 0.2) is 0 Å². The molecule has 0 heterocycles. The van der Waals surface area contributed by atoms with E-state index in [1.165, 1.54) is 9.80 Å².